The summed E-state index contributed by atoms with van der Waals surface area (Å²) in [7, 11) is 1.99. The minimum atomic E-state index is 0.288. The number of hydrogen-bond donors (Lipinski definition) is 1. The lowest BCUT2D eigenvalue weighted by Crippen LogP contribution is -2.19. The zero-order valence-electron chi connectivity index (χ0n) is 11.5. The second-order valence-electron chi connectivity index (χ2n) is 4.33. The van der Waals surface area contributed by atoms with Gasteiger partial charge in [-0.2, -0.15) is 5.10 Å². The van der Waals surface area contributed by atoms with Crippen LogP contribution in [-0.4, -0.2) is 21.8 Å². The van der Waals surface area contributed by atoms with Crippen LogP contribution in [-0.2, 0) is 19.4 Å². The molecule has 0 aromatic carbocycles. The minimum Gasteiger partial charge on any atom is -0.312 e. The minimum absolute atomic E-state index is 0.288. The van der Waals surface area contributed by atoms with E-state index in [1.54, 1.807) is 11.3 Å². The highest BCUT2D eigenvalue weighted by molar-refractivity contribution is 9.10. The molecule has 2 aromatic rings. The summed E-state index contributed by atoms with van der Waals surface area (Å²) in [5, 5.41) is 8.01. The van der Waals surface area contributed by atoms with E-state index in [4.69, 9.17) is 0 Å². The van der Waals surface area contributed by atoms with E-state index in [0.717, 1.165) is 29.6 Å². The van der Waals surface area contributed by atoms with Gasteiger partial charge in [0.1, 0.15) is 0 Å². The van der Waals surface area contributed by atoms with Gasteiger partial charge >= 0.3 is 0 Å². The van der Waals surface area contributed by atoms with Gasteiger partial charge in [0.15, 0.2) is 0 Å². The lowest BCUT2D eigenvalue weighted by Gasteiger charge is -2.15. The van der Waals surface area contributed by atoms with Gasteiger partial charge in [0, 0.05) is 30.1 Å². The molecule has 4 nitrogen and oxygen atoms in total. The molecule has 19 heavy (non-hydrogen) atoms. The van der Waals surface area contributed by atoms with Crippen LogP contribution in [0.25, 0.3) is 0 Å². The van der Waals surface area contributed by atoms with Crippen LogP contribution in [0.15, 0.2) is 16.2 Å². The summed E-state index contributed by atoms with van der Waals surface area (Å²) in [4.78, 5) is 5.42. The second-order valence-corrected chi connectivity index (χ2v) is 6.04. The standard InChI is InChI=1S/C13H19BrN4S/c1-4-9-13(14)11(18(5-2)17-9)6-10(15-3)12-7-16-8-19-12/h7-8,10,15H,4-6H2,1-3H3. The van der Waals surface area contributed by atoms with Crippen LogP contribution in [0.1, 0.15) is 36.2 Å². The fourth-order valence-corrected chi connectivity index (χ4v) is 3.61. The molecule has 2 heterocycles. The summed E-state index contributed by atoms with van der Waals surface area (Å²) in [5.41, 5.74) is 4.27. The van der Waals surface area contributed by atoms with E-state index in [2.05, 4.69) is 49.9 Å². The molecule has 0 fully saturated rings. The van der Waals surface area contributed by atoms with Crippen molar-refractivity contribution in [3.05, 3.63) is 32.4 Å². The van der Waals surface area contributed by atoms with Gasteiger partial charge < -0.3 is 5.32 Å². The Balaban J connectivity index is 2.29. The van der Waals surface area contributed by atoms with E-state index in [1.807, 2.05) is 18.8 Å². The van der Waals surface area contributed by atoms with Crippen LogP contribution in [0.4, 0.5) is 0 Å². The third-order valence-corrected chi connectivity index (χ3v) is 5.04. The number of hydrogen-bond acceptors (Lipinski definition) is 4. The topological polar surface area (TPSA) is 42.7 Å². The summed E-state index contributed by atoms with van der Waals surface area (Å²) in [6.07, 6.45) is 3.80. The first-order valence-electron chi connectivity index (χ1n) is 6.50. The predicted octanol–water partition coefficient (Wildman–Crippen LogP) is 3.19. The first-order chi connectivity index (χ1) is 9.21. The largest absolute Gasteiger partial charge is 0.312 e. The molecule has 104 valence electrons. The van der Waals surface area contributed by atoms with Crippen LogP contribution in [0.3, 0.4) is 0 Å². The molecule has 0 bridgehead atoms. The quantitative estimate of drug-likeness (QED) is 0.876. The smallest absolute Gasteiger partial charge is 0.0794 e. The highest BCUT2D eigenvalue weighted by Gasteiger charge is 2.19. The molecule has 0 aliphatic carbocycles. The molecular weight excluding hydrogens is 324 g/mol. The normalized spacial score (nSPS) is 12.8. The molecule has 6 heteroatoms. The first-order valence-corrected chi connectivity index (χ1v) is 8.18. The second kappa shape index (κ2) is 6.63. The number of halogens is 1. The maximum absolute atomic E-state index is 4.65. The first kappa shape index (κ1) is 14.7. The van der Waals surface area contributed by atoms with Crippen LogP contribution in [0.5, 0.6) is 0 Å². The fraction of sp³-hybridized carbons (Fsp3) is 0.538. The molecule has 0 saturated carbocycles. The van der Waals surface area contributed by atoms with Crippen molar-refractivity contribution in [2.75, 3.05) is 7.05 Å². The van der Waals surface area contributed by atoms with Crippen molar-refractivity contribution in [1.29, 1.82) is 0 Å². The van der Waals surface area contributed by atoms with Gasteiger partial charge in [0.05, 0.1) is 21.4 Å². The van der Waals surface area contributed by atoms with Gasteiger partial charge in [-0.15, -0.1) is 11.3 Å². The third-order valence-electron chi connectivity index (χ3n) is 3.23. The number of thiazole rings is 1. The van der Waals surface area contributed by atoms with E-state index in [0.29, 0.717) is 0 Å². The molecule has 2 rings (SSSR count). The molecule has 0 aliphatic rings. The number of rotatable bonds is 6. The SMILES string of the molecule is CCc1nn(CC)c(CC(NC)c2cncs2)c1Br. The van der Waals surface area contributed by atoms with Gasteiger partial charge in [0.25, 0.3) is 0 Å². The van der Waals surface area contributed by atoms with Crippen molar-refractivity contribution in [3.63, 3.8) is 0 Å². The zero-order chi connectivity index (χ0) is 13.8. The van der Waals surface area contributed by atoms with E-state index in [9.17, 15) is 0 Å². The highest BCUT2D eigenvalue weighted by atomic mass is 79.9. The number of aryl methyl sites for hydroxylation is 2. The van der Waals surface area contributed by atoms with Crippen LogP contribution >= 0.6 is 27.3 Å². The van der Waals surface area contributed by atoms with Crippen molar-refractivity contribution >= 4 is 27.3 Å². The Hall–Kier alpha value is -0.720. The van der Waals surface area contributed by atoms with Gasteiger partial charge in [-0.25, -0.2) is 0 Å². The monoisotopic (exact) mass is 342 g/mol. The molecule has 1 atom stereocenters. The zero-order valence-corrected chi connectivity index (χ0v) is 13.9. The Bertz CT molecular complexity index is 521. The average molecular weight is 343 g/mol. The van der Waals surface area contributed by atoms with Crippen molar-refractivity contribution in [1.82, 2.24) is 20.1 Å². The number of aromatic nitrogens is 3. The van der Waals surface area contributed by atoms with Gasteiger partial charge in [-0.3, -0.25) is 9.67 Å². The van der Waals surface area contributed by atoms with Crippen molar-refractivity contribution < 1.29 is 0 Å². The maximum Gasteiger partial charge on any atom is 0.0794 e. The van der Waals surface area contributed by atoms with Gasteiger partial charge in [-0.1, -0.05) is 6.92 Å². The molecule has 0 spiro atoms. The maximum atomic E-state index is 4.65. The summed E-state index contributed by atoms with van der Waals surface area (Å²) in [6.45, 7) is 5.16. The van der Waals surface area contributed by atoms with Crippen LogP contribution in [0, 0.1) is 0 Å². The molecule has 0 saturated heterocycles. The Morgan fingerprint density at radius 3 is 2.79 bits per heavy atom. The molecule has 1 N–H and O–H groups in total. The summed E-state index contributed by atoms with van der Waals surface area (Å²) >= 11 is 5.39. The van der Waals surface area contributed by atoms with Gasteiger partial charge in [0.2, 0.25) is 0 Å². The number of likely N-dealkylation sites (N-methyl/N-ethyl adjacent to an activating group) is 1. The Labute approximate surface area is 126 Å². The summed E-state index contributed by atoms with van der Waals surface area (Å²) in [5.74, 6) is 0. The predicted molar refractivity (Wildman–Crippen MR) is 82.6 cm³/mol. The van der Waals surface area contributed by atoms with Crippen molar-refractivity contribution in [3.8, 4) is 0 Å². The lowest BCUT2D eigenvalue weighted by molar-refractivity contribution is 0.544. The molecule has 1 unspecified atom stereocenters. The van der Waals surface area contributed by atoms with Crippen LogP contribution in [0.2, 0.25) is 0 Å². The van der Waals surface area contributed by atoms with E-state index in [1.165, 1.54) is 10.6 Å². The average Bonchev–Trinajstić information content (AvgIpc) is 3.04. The molecular formula is C13H19BrN4S. The number of nitrogens with zero attached hydrogens (tertiary/aromatic N) is 3. The van der Waals surface area contributed by atoms with Crippen molar-refractivity contribution in [2.45, 2.75) is 39.3 Å². The lowest BCUT2D eigenvalue weighted by atomic mass is 10.1. The van der Waals surface area contributed by atoms with E-state index in [-0.39, 0.29) is 6.04 Å². The highest BCUT2D eigenvalue weighted by Crippen LogP contribution is 2.28. The Kier molecular flexibility index (Phi) is 5.13. The number of nitrogens with one attached hydrogen (secondary N) is 1. The molecule has 0 aliphatic heterocycles. The van der Waals surface area contributed by atoms with E-state index >= 15 is 0 Å². The fourth-order valence-electron chi connectivity index (χ4n) is 2.15. The van der Waals surface area contributed by atoms with Crippen LogP contribution < -0.4 is 5.32 Å². The molecule has 0 amide bonds. The molecule has 2 aromatic heterocycles. The van der Waals surface area contributed by atoms with Crippen molar-refractivity contribution in [2.24, 2.45) is 0 Å². The van der Waals surface area contributed by atoms with Gasteiger partial charge in [-0.05, 0) is 36.3 Å². The molecule has 0 radical (unpaired) electrons. The Morgan fingerprint density at radius 1 is 1.47 bits per heavy atom. The third kappa shape index (κ3) is 3.07. The summed E-state index contributed by atoms with van der Waals surface area (Å²) in [6, 6.07) is 0.288. The Morgan fingerprint density at radius 2 is 2.26 bits per heavy atom. The van der Waals surface area contributed by atoms with E-state index < -0.39 is 0 Å². The summed E-state index contributed by atoms with van der Waals surface area (Å²) < 4.78 is 3.25.